The Hall–Kier alpha value is -3.22. The van der Waals surface area contributed by atoms with E-state index in [-0.39, 0.29) is 19.0 Å². The van der Waals surface area contributed by atoms with Crippen LogP contribution in [0, 0.1) is 12.7 Å². The summed E-state index contributed by atoms with van der Waals surface area (Å²) in [5.41, 5.74) is 1.79. The van der Waals surface area contributed by atoms with Crippen LogP contribution < -0.4 is 10.6 Å². The average Bonchev–Trinajstić information content (AvgIpc) is 2.59. The van der Waals surface area contributed by atoms with E-state index in [0.717, 1.165) is 5.56 Å². The SMILES string of the molecule is Cc1ccc(C(=O)NCC(=O)N(C)CC(=O)Nc2cccc(F)c2)cc1. The molecule has 6 nitrogen and oxygen atoms in total. The van der Waals surface area contributed by atoms with Crippen LogP contribution in [0.25, 0.3) is 0 Å². The van der Waals surface area contributed by atoms with E-state index in [1.807, 2.05) is 6.92 Å². The van der Waals surface area contributed by atoms with Gasteiger partial charge in [0.1, 0.15) is 5.82 Å². The summed E-state index contributed by atoms with van der Waals surface area (Å²) in [6, 6.07) is 12.4. The van der Waals surface area contributed by atoms with E-state index in [0.29, 0.717) is 11.3 Å². The minimum atomic E-state index is -0.467. The van der Waals surface area contributed by atoms with E-state index >= 15 is 0 Å². The maximum atomic E-state index is 13.1. The van der Waals surface area contributed by atoms with Crippen molar-refractivity contribution in [1.82, 2.24) is 10.2 Å². The molecule has 0 aliphatic carbocycles. The highest BCUT2D eigenvalue weighted by molar-refractivity contribution is 5.98. The minimum Gasteiger partial charge on any atom is -0.343 e. The Balaban J connectivity index is 1.80. The van der Waals surface area contributed by atoms with Gasteiger partial charge in [-0.25, -0.2) is 4.39 Å². The molecule has 0 heterocycles. The van der Waals surface area contributed by atoms with Crippen LogP contribution in [-0.4, -0.2) is 42.8 Å². The number of hydrogen-bond acceptors (Lipinski definition) is 3. The minimum absolute atomic E-state index is 0.213. The van der Waals surface area contributed by atoms with E-state index in [4.69, 9.17) is 0 Å². The standard InChI is InChI=1S/C19H20FN3O3/c1-13-6-8-14(9-7-13)19(26)21-11-18(25)23(2)12-17(24)22-16-5-3-4-15(20)10-16/h3-10H,11-12H2,1-2H3,(H,21,26)(H,22,24). The largest absolute Gasteiger partial charge is 0.343 e. The van der Waals surface area contributed by atoms with Gasteiger partial charge in [-0.1, -0.05) is 23.8 Å². The third kappa shape index (κ3) is 5.70. The van der Waals surface area contributed by atoms with Crippen molar-refractivity contribution in [2.24, 2.45) is 0 Å². The second-order valence-electron chi connectivity index (χ2n) is 5.86. The van der Waals surface area contributed by atoms with Gasteiger partial charge in [0.2, 0.25) is 11.8 Å². The first-order chi connectivity index (χ1) is 12.3. The molecule has 2 aromatic carbocycles. The van der Waals surface area contributed by atoms with E-state index < -0.39 is 17.6 Å². The Morgan fingerprint density at radius 1 is 1.08 bits per heavy atom. The van der Waals surface area contributed by atoms with Crippen LogP contribution in [0.5, 0.6) is 0 Å². The predicted molar refractivity (Wildman–Crippen MR) is 96.2 cm³/mol. The van der Waals surface area contributed by atoms with Gasteiger partial charge in [0, 0.05) is 18.3 Å². The molecule has 0 unspecified atom stereocenters. The molecule has 0 radical (unpaired) electrons. The summed E-state index contributed by atoms with van der Waals surface area (Å²) in [4.78, 5) is 37.1. The molecule has 136 valence electrons. The molecule has 7 heteroatoms. The molecule has 0 atom stereocenters. The van der Waals surface area contributed by atoms with Crippen LogP contribution in [0.3, 0.4) is 0 Å². The second kappa shape index (κ2) is 8.75. The lowest BCUT2D eigenvalue weighted by molar-refractivity contribution is -0.132. The zero-order valence-corrected chi connectivity index (χ0v) is 14.6. The normalized spacial score (nSPS) is 10.1. The molecule has 0 spiro atoms. The lowest BCUT2D eigenvalue weighted by Gasteiger charge is -2.17. The molecule has 0 aromatic heterocycles. The van der Waals surface area contributed by atoms with Gasteiger partial charge in [0.05, 0.1) is 13.1 Å². The number of halogens is 1. The van der Waals surface area contributed by atoms with Crippen molar-refractivity contribution in [3.8, 4) is 0 Å². The fourth-order valence-electron chi connectivity index (χ4n) is 2.17. The van der Waals surface area contributed by atoms with E-state index in [9.17, 15) is 18.8 Å². The monoisotopic (exact) mass is 357 g/mol. The van der Waals surface area contributed by atoms with Crippen LogP contribution in [0.1, 0.15) is 15.9 Å². The Morgan fingerprint density at radius 3 is 2.42 bits per heavy atom. The summed E-state index contributed by atoms with van der Waals surface area (Å²) < 4.78 is 13.1. The summed E-state index contributed by atoms with van der Waals surface area (Å²) >= 11 is 0. The number of aryl methyl sites for hydroxylation is 1. The highest BCUT2D eigenvalue weighted by Gasteiger charge is 2.15. The molecule has 2 aromatic rings. The van der Waals surface area contributed by atoms with Crippen molar-refractivity contribution < 1.29 is 18.8 Å². The summed E-state index contributed by atoms with van der Waals surface area (Å²) in [5, 5.41) is 5.02. The molecular weight excluding hydrogens is 337 g/mol. The van der Waals surface area contributed by atoms with Crippen molar-refractivity contribution in [1.29, 1.82) is 0 Å². The maximum absolute atomic E-state index is 13.1. The Labute approximate surface area is 151 Å². The lowest BCUT2D eigenvalue weighted by Crippen LogP contribution is -2.41. The van der Waals surface area contributed by atoms with E-state index in [1.165, 1.54) is 30.1 Å². The van der Waals surface area contributed by atoms with Crippen molar-refractivity contribution in [2.45, 2.75) is 6.92 Å². The van der Waals surface area contributed by atoms with Gasteiger partial charge in [-0.3, -0.25) is 14.4 Å². The third-order valence-electron chi connectivity index (χ3n) is 3.63. The van der Waals surface area contributed by atoms with Gasteiger partial charge in [-0.05, 0) is 37.3 Å². The fourth-order valence-corrected chi connectivity index (χ4v) is 2.17. The lowest BCUT2D eigenvalue weighted by atomic mass is 10.1. The van der Waals surface area contributed by atoms with Crippen LogP contribution in [0.15, 0.2) is 48.5 Å². The Kier molecular flexibility index (Phi) is 6.43. The molecule has 0 fully saturated rings. The van der Waals surface area contributed by atoms with Crippen LogP contribution in [0.2, 0.25) is 0 Å². The van der Waals surface area contributed by atoms with Gasteiger partial charge >= 0.3 is 0 Å². The highest BCUT2D eigenvalue weighted by Crippen LogP contribution is 2.09. The zero-order chi connectivity index (χ0) is 19.1. The van der Waals surface area contributed by atoms with Crippen LogP contribution >= 0.6 is 0 Å². The third-order valence-corrected chi connectivity index (χ3v) is 3.63. The zero-order valence-electron chi connectivity index (χ0n) is 14.6. The molecular formula is C19H20FN3O3. The number of amides is 3. The summed E-state index contributed by atoms with van der Waals surface area (Å²) in [5.74, 6) is -1.71. The van der Waals surface area contributed by atoms with Gasteiger partial charge < -0.3 is 15.5 Å². The molecule has 2 N–H and O–H groups in total. The van der Waals surface area contributed by atoms with Crippen molar-refractivity contribution in [3.63, 3.8) is 0 Å². The smallest absolute Gasteiger partial charge is 0.251 e. The molecule has 0 saturated carbocycles. The molecule has 26 heavy (non-hydrogen) atoms. The number of carbonyl (C=O) groups is 3. The summed E-state index contributed by atoms with van der Waals surface area (Å²) in [6.07, 6.45) is 0. The molecule has 0 aliphatic heterocycles. The van der Waals surface area contributed by atoms with Gasteiger partial charge in [0.15, 0.2) is 0 Å². The van der Waals surface area contributed by atoms with E-state index in [2.05, 4.69) is 10.6 Å². The number of carbonyl (C=O) groups excluding carboxylic acids is 3. The first-order valence-corrected chi connectivity index (χ1v) is 7.99. The number of nitrogens with zero attached hydrogens (tertiary/aromatic N) is 1. The van der Waals surface area contributed by atoms with Crippen molar-refractivity contribution in [3.05, 3.63) is 65.5 Å². The van der Waals surface area contributed by atoms with Crippen molar-refractivity contribution in [2.75, 3.05) is 25.5 Å². The Morgan fingerprint density at radius 2 is 1.77 bits per heavy atom. The van der Waals surface area contributed by atoms with Gasteiger partial charge in [-0.15, -0.1) is 0 Å². The first-order valence-electron chi connectivity index (χ1n) is 7.99. The topological polar surface area (TPSA) is 78.5 Å². The molecule has 0 aliphatic rings. The van der Waals surface area contributed by atoms with E-state index in [1.54, 1.807) is 30.3 Å². The number of nitrogens with one attached hydrogen (secondary N) is 2. The quantitative estimate of drug-likeness (QED) is 0.830. The molecule has 2 rings (SSSR count). The predicted octanol–water partition coefficient (Wildman–Crippen LogP) is 1.96. The summed E-state index contributed by atoms with van der Waals surface area (Å²) in [7, 11) is 1.45. The van der Waals surface area contributed by atoms with Crippen LogP contribution in [-0.2, 0) is 9.59 Å². The maximum Gasteiger partial charge on any atom is 0.251 e. The van der Waals surface area contributed by atoms with Gasteiger partial charge in [0.25, 0.3) is 5.91 Å². The fraction of sp³-hybridized carbons (Fsp3) is 0.211. The van der Waals surface area contributed by atoms with Crippen LogP contribution in [0.4, 0.5) is 10.1 Å². The number of rotatable bonds is 6. The first kappa shape index (κ1) is 19.1. The van der Waals surface area contributed by atoms with Crippen molar-refractivity contribution >= 4 is 23.4 Å². The molecule has 0 saturated heterocycles. The highest BCUT2D eigenvalue weighted by atomic mass is 19.1. The number of likely N-dealkylation sites (N-methyl/N-ethyl adjacent to an activating group) is 1. The van der Waals surface area contributed by atoms with Gasteiger partial charge in [-0.2, -0.15) is 0 Å². The number of anilines is 1. The summed E-state index contributed by atoms with van der Waals surface area (Å²) in [6.45, 7) is 1.47. The second-order valence-corrected chi connectivity index (χ2v) is 5.86. The molecule has 3 amide bonds. The average molecular weight is 357 g/mol. The molecule has 0 bridgehead atoms. The number of hydrogen-bond donors (Lipinski definition) is 2. The number of benzene rings is 2. The Bertz CT molecular complexity index is 806.